The van der Waals surface area contributed by atoms with Crippen LogP contribution in [0, 0.1) is 0 Å². The molecule has 0 aromatic heterocycles. The van der Waals surface area contributed by atoms with Gasteiger partial charge in [-0.3, -0.25) is 9.59 Å². The standard InChI is InChI=1S/C43H52N4O5/c1-3-24-47(2)29-37-27-40(33-22-20-31(30-48)21-23-33)52-43(51-37)36-15-11-14-35(26-36)34-13-10-12-32(25-34)28-45-41(49)18-6-4-5-7-19-42(50)46-39-17-9-8-16-38(39)44/h3,8-17,20-23,25-26,37,40,43,48H,1,4-7,18-19,24,27-30,44H2,2H3,(H,45,49)(H,46,50)/t37-,40+,43+/m1/s1. The predicted molar refractivity (Wildman–Crippen MR) is 207 cm³/mol. The first-order chi connectivity index (χ1) is 25.3. The van der Waals surface area contributed by atoms with E-state index in [1.807, 2.05) is 66.7 Å². The summed E-state index contributed by atoms with van der Waals surface area (Å²) in [6, 6.07) is 31.6. The summed E-state index contributed by atoms with van der Waals surface area (Å²) in [5, 5.41) is 15.4. The first-order valence-electron chi connectivity index (χ1n) is 18.2. The van der Waals surface area contributed by atoms with Crippen LogP contribution < -0.4 is 16.4 Å². The third kappa shape index (κ3) is 11.6. The van der Waals surface area contributed by atoms with E-state index in [9.17, 15) is 14.7 Å². The maximum Gasteiger partial charge on any atom is 0.224 e. The van der Waals surface area contributed by atoms with Crippen molar-refractivity contribution in [1.82, 2.24) is 10.2 Å². The summed E-state index contributed by atoms with van der Waals surface area (Å²) < 4.78 is 13.1. The van der Waals surface area contributed by atoms with Crippen molar-refractivity contribution in [1.29, 1.82) is 0 Å². The highest BCUT2D eigenvalue weighted by Crippen LogP contribution is 2.39. The zero-order chi connectivity index (χ0) is 36.7. The number of anilines is 2. The second kappa shape index (κ2) is 19.7. The van der Waals surface area contributed by atoms with Gasteiger partial charge in [0.1, 0.15) is 0 Å². The Hall–Kier alpha value is -4.80. The van der Waals surface area contributed by atoms with Gasteiger partial charge in [-0.25, -0.2) is 0 Å². The van der Waals surface area contributed by atoms with E-state index in [0.29, 0.717) is 37.2 Å². The Morgan fingerprint density at radius 2 is 1.56 bits per heavy atom. The molecule has 0 unspecified atom stereocenters. The van der Waals surface area contributed by atoms with Crippen molar-refractivity contribution in [3.8, 4) is 11.1 Å². The summed E-state index contributed by atoms with van der Waals surface area (Å²) in [5.41, 5.74) is 13.0. The number of hydrogen-bond donors (Lipinski definition) is 4. The van der Waals surface area contributed by atoms with Gasteiger partial charge in [-0.05, 0) is 72.0 Å². The molecule has 274 valence electrons. The van der Waals surface area contributed by atoms with E-state index < -0.39 is 6.29 Å². The molecule has 1 aliphatic rings. The number of nitrogen functional groups attached to an aromatic ring is 1. The second-order valence-electron chi connectivity index (χ2n) is 13.5. The van der Waals surface area contributed by atoms with Crippen molar-refractivity contribution in [2.75, 3.05) is 31.2 Å². The molecule has 52 heavy (non-hydrogen) atoms. The number of carbonyl (C=O) groups is 2. The van der Waals surface area contributed by atoms with E-state index in [-0.39, 0.29) is 30.6 Å². The fourth-order valence-corrected chi connectivity index (χ4v) is 6.44. The normalized spacial score (nSPS) is 17.1. The van der Waals surface area contributed by atoms with Crippen molar-refractivity contribution in [3.63, 3.8) is 0 Å². The minimum atomic E-state index is -0.549. The number of amides is 2. The lowest BCUT2D eigenvalue weighted by molar-refractivity contribution is -0.252. The van der Waals surface area contributed by atoms with E-state index in [2.05, 4.69) is 53.4 Å². The number of nitrogens with one attached hydrogen (secondary N) is 2. The lowest BCUT2D eigenvalue weighted by atomic mass is 9.98. The van der Waals surface area contributed by atoms with Gasteiger partial charge in [-0.1, -0.05) is 91.7 Å². The summed E-state index contributed by atoms with van der Waals surface area (Å²) in [5.74, 6) is -0.0304. The van der Waals surface area contributed by atoms with Gasteiger partial charge in [0.05, 0.1) is 30.2 Å². The van der Waals surface area contributed by atoms with Gasteiger partial charge in [0.25, 0.3) is 0 Å². The van der Waals surface area contributed by atoms with Crippen LogP contribution in [0.25, 0.3) is 11.1 Å². The molecule has 4 aromatic carbocycles. The average Bonchev–Trinajstić information content (AvgIpc) is 3.16. The number of unbranched alkanes of at least 4 members (excludes halogenated alkanes) is 3. The largest absolute Gasteiger partial charge is 0.397 e. The number of nitrogens with zero attached hydrogens (tertiary/aromatic N) is 1. The van der Waals surface area contributed by atoms with Crippen LogP contribution in [0.3, 0.4) is 0 Å². The molecule has 5 N–H and O–H groups in total. The summed E-state index contributed by atoms with van der Waals surface area (Å²) in [6.45, 7) is 5.83. The highest BCUT2D eigenvalue weighted by molar-refractivity contribution is 5.93. The van der Waals surface area contributed by atoms with E-state index in [1.165, 1.54) is 0 Å². The SMILES string of the molecule is C=CCN(C)C[C@H]1C[C@@H](c2ccc(CO)cc2)O[C@@H](c2cccc(-c3cccc(CNC(=O)CCCCCCC(=O)Nc4ccccc4N)c3)c2)O1. The van der Waals surface area contributed by atoms with Crippen LogP contribution >= 0.6 is 0 Å². The van der Waals surface area contributed by atoms with Gasteiger partial charge in [0.2, 0.25) is 11.8 Å². The first kappa shape index (κ1) is 38.4. The molecule has 0 saturated carbocycles. The van der Waals surface area contributed by atoms with Crippen LogP contribution in [0.1, 0.15) is 79.6 Å². The van der Waals surface area contributed by atoms with Crippen molar-refractivity contribution in [2.45, 2.75) is 76.6 Å². The first-order valence-corrected chi connectivity index (χ1v) is 18.2. The maximum atomic E-state index is 12.6. The van der Waals surface area contributed by atoms with Crippen molar-refractivity contribution < 1.29 is 24.2 Å². The van der Waals surface area contributed by atoms with Gasteiger partial charge in [-0.2, -0.15) is 0 Å². The summed E-state index contributed by atoms with van der Waals surface area (Å²) >= 11 is 0. The Kier molecular flexibility index (Phi) is 14.6. The molecule has 0 bridgehead atoms. The Balaban J connectivity index is 1.12. The third-order valence-corrected chi connectivity index (χ3v) is 9.27. The number of hydrogen-bond acceptors (Lipinski definition) is 7. The van der Waals surface area contributed by atoms with Crippen molar-refractivity contribution in [2.24, 2.45) is 0 Å². The zero-order valence-electron chi connectivity index (χ0n) is 30.1. The third-order valence-electron chi connectivity index (χ3n) is 9.27. The number of carbonyl (C=O) groups excluding carboxylic acids is 2. The number of ether oxygens (including phenoxy) is 2. The van der Waals surface area contributed by atoms with Crippen molar-refractivity contribution in [3.05, 3.63) is 132 Å². The maximum absolute atomic E-state index is 12.6. The summed E-state index contributed by atoms with van der Waals surface area (Å²) in [7, 11) is 2.06. The molecular formula is C43H52N4O5. The average molecular weight is 705 g/mol. The Bertz CT molecular complexity index is 1760. The molecule has 1 saturated heterocycles. The second-order valence-corrected chi connectivity index (χ2v) is 13.5. The van der Waals surface area contributed by atoms with Crippen LogP contribution in [-0.2, 0) is 32.2 Å². The van der Waals surface area contributed by atoms with Crippen LogP contribution in [0.2, 0.25) is 0 Å². The zero-order valence-corrected chi connectivity index (χ0v) is 30.1. The van der Waals surface area contributed by atoms with E-state index in [1.54, 1.807) is 12.1 Å². The fourth-order valence-electron chi connectivity index (χ4n) is 6.44. The van der Waals surface area contributed by atoms with E-state index in [0.717, 1.165) is 72.2 Å². The molecule has 0 radical (unpaired) electrons. The molecule has 4 aromatic rings. The number of rotatable bonds is 18. The number of benzene rings is 4. The Morgan fingerprint density at radius 3 is 2.29 bits per heavy atom. The lowest BCUT2D eigenvalue weighted by Gasteiger charge is -2.37. The lowest BCUT2D eigenvalue weighted by Crippen LogP contribution is -2.37. The molecule has 9 heteroatoms. The van der Waals surface area contributed by atoms with Gasteiger partial charge in [-0.15, -0.1) is 6.58 Å². The highest BCUT2D eigenvalue weighted by atomic mass is 16.7. The predicted octanol–water partition coefficient (Wildman–Crippen LogP) is 7.69. The molecular weight excluding hydrogens is 652 g/mol. The Labute approximate surface area is 307 Å². The molecule has 1 fully saturated rings. The van der Waals surface area contributed by atoms with Gasteiger partial charge in [0.15, 0.2) is 6.29 Å². The van der Waals surface area contributed by atoms with Gasteiger partial charge in [0, 0.05) is 44.5 Å². The number of likely N-dealkylation sites (N-methyl/N-ethyl adjacent to an activating group) is 1. The number of aliphatic hydroxyl groups excluding tert-OH is 1. The summed E-state index contributed by atoms with van der Waals surface area (Å²) in [4.78, 5) is 27.0. The Morgan fingerprint density at radius 1 is 0.846 bits per heavy atom. The molecule has 1 heterocycles. The topological polar surface area (TPSA) is 126 Å². The fraction of sp³-hybridized carbons (Fsp3) is 0.349. The smallest absolute Gasteiger partial charge is 0.224 e. The quantitative estimate of drug-likeness (QED) is 0.0476. The number of aliphatic hydroxyl groups is 1. The molecule has 2 amide bonds. The van der Waals surface area contributed by atoms with E-state index in [4.69, 9.17) is 15.2 Å². The molecule has 0 spiro atoms. The van der Waals surface area contributed by atoms with Gasteiger partial charge >= 0.3 is 0 Å². The molecule has 3 atom stereocenters. The van der Waals surface area contributed by atoms with Crippen molar-refractivity contribution >= 4 is 23.2 Å². The van der Waals surface area contributed by atoms with Gasteiger partial charge < -0.3 is 35.8 Å². The molecule has 9 nitrogen and oxygen atoms in total. The minimum Gasteiger partial charge on any atom is -0.397 e. The highest BCUT2D eigenvalue weighted by Gasteiger charge is 2.32. The van der Waals surface area contributed by atoms with Crippen LogP contribution in [0.4, 0.5) is 11.4 Å². The number of para-hydroxylation sites is 2. The summed E-state index contributed by atoms with van der Waals surface area (Å²) in [6.07, 6.45) is 6.04. The van der Waals surface area contributed by atoms with Crippen LogP contribution in [0.5, 0.6) is 0 Å². The van der Waals surface area contributed by atoms with E-state index >= 15 is 0 Å². The monoisotopic (exact) mass is 704 g/mol. The van der Waals surface area contributed by atoms with Crippen LogP contribution in [-0.4, -0.2) is 48.1 Å². The molecule has 1 aliphatic heterocycles. The molecule has 5 rings (SSSR count). The molecule has 0 aliphatic carbocycles. The van der Waals surface area contributed by atoms with Crippen LogP contribution in [0.15, 0.2) is 110 Å². The minimum absolute atomic E-state index is 0.00380. The number of nitrogens with two attached hydrogens (primary N) is 1.